The van der Waals surface area contributed by atoms with Gasteiger partial charge in [0.1, 0.15) is 0 Å². The monoisotopic (exact) mass is 505 g/mol. The molecule has 0 radical (unpaired) electrons. The Bertz CT molecular complexity index is 1450. The highest BCUT2D eigenvalue weighted by Gasteiger charge is 2.18. The lowest BCUT2D eigenvalue weighted by atomic mass is 9.97. The first-order valence-corrected chi connectivity index (χ1v) is 12.2. The molecular weight excluding hydrogens is 478 g/mol. The van der Waals surface area contributed by atoms with Crippen LogP contribution in [-0.4, -0.2) is 36.6 Å². The van der Waals surface area contributed by atoms with Crippen LogP contribution >= 0.6 is 0 Å². The lowest BCUT2D eigenvalue weighted by molar-refractivity contribution is 0.0927. The Hall–Kier alpha value is -5.04. The number of aryl methyl sites for hydroxylation is 1. The normalized spacial score (nSPS) is 10.3. The van der Waals surface area contributed by atoms with Gasteiger partial charge < -0.3 is 16.0 Å². The highest BCUT2D eigenvalue weighted by atomic mass is 16.2. The lowest BCUT2D eigenvalue weighted by Crippen LogP contribution is -2.34. The second-order valence-corrected chi connectivity index (χ2v) is 8.65. The van der Waals surface area contributed by atoms with Gasteiger partial charge in [-0.05, 0) is 49.4 Å². The summed E-state index contributed by atoms with van der Waals surface area (Å²) in [6.45, 7) is 2.49. The summed E-state index contributed by atoms with van der Waals surface area (Å²) >= 11 is 0. The van der Waals surface area contributed by atoms with Crippen LogP contribution in [0.4, 0.5) is 5.69 Å². The molecule has 3 N–H and O–H groups in total. The second-order valence-electron chi connectivity index (χ2n) is 8.65. The Labute approximate surface area is 220 Å². The van der Waals surface area contributed by atoms with Gasteiger partial charge in [-0.3, -0.25) is 19.2 Å². The first kappa shape index (κ1) is 26.0. The van der Waals surface area contributed by atoms with E-state index in [1.165, 1.54) is 0 Å². The number of ketones is 1. The molecule has 0 aliphatic heterocycles. The highest BCUT2D eigenvalue weighted by Crippen LogP contribution is 2.18. The molecule has 7 nitrogen and oxygen atoms in total. The minimum atomic E-state index is -0.424. The molecule has 0 spiro atoms. The maximum Gasteiger partial charge on any atom is 0.256 e. The number of amides is 3. The van der Waals surface area contributed by atoms with Gasteiger partial charge in [-0.25, -0.2) is 0 Å². The van der Waals surface area contributed by atoms with Gasteiger partial charge in [0.25, 0.3) is 17.7 Å². The van der Waals surface area contributed by atoms with E-state index in [2.05, 4.69) is 16.0 Å². The third kappa shape index (κ3) is 6.59. The Morgan fingerprint density at radius 2 is 1.03 bits per heavy atom. The van der Waals surface area contributed by atoms with E-state index in [0.717, 1.165) is 5.56 Å². The Kier molecular flexibility index (Phi) is 8.41. The van der Waals surface area contributed by atoms with Crippen molar-refractivity contribution in [3.8, 4) is 0 Å². The van der Waals surface area contributed by atoms with Crippen LogP contribution in [-0.2, 0) is 0 Å². The van der Waals surface area contributed by atoms with Crippen LogP contribution in [0.2, 0.25) is 0 Å². The van der Waals surface area contributed by atoms with Crippen molar-refractivity contribution in [3.05, 3.63) is 137 Å². The number of carbonyl (C=O) groups is 4. The third-order valence-electron chi connectivity index (χ3n) is 5.87. The van der Waals surface area contributed by atoms with E-state index in [1.54, 1.807) is 84.9 Å². The zero-order valence-electron chi connectivity index (χ0n) is 20.9. The van der Waals surface area contributed by atoms with Crippen LogP contribution in [0, 0.1) is 6.92 Å². The fraction of sp³-hybridized carbons (Fsp3) is 0.0968. The molecule has 4 rings (SSSR count). The van der Waals surface area contributed by atoms with Crippen LogP contribution in [0.5, 0.6) is 0 Å². The average Bonchev–Trinajstić information content (AvgIpc) is 2.96. The van der Waals surface area contributed by atoms with Crippen LogP contribution in [0.15, 0.2) is 103 Å². The van der Waals surface area contributed by atoms with E-state index in [-0.39, 0.29) is 36.3 Å². The highest BCUT2D eigenvalue weighted by molar-refractivity contribution is 6.17. The van der Waals surface area contributed by atoms with E-state index in [9.17, 15) is 19.2 Å². The third-order valence-corrected chi connectivity index (χ3v) is 5.87. The molecule has 0 bridgehead atoms. The molecule has 0 aliphatic carbocycles. The molecule has 0 saturated carbocycles. The number of rotatable bonds is 9. The first-order chi connectivity index (χ1) is 18.4. The molecule has 0 atom stereocenters. The topological polar surface area (TPSA) is 104 Å². The number of nitrogens with one attached hydrogen (secondary N) is 3. The summed E-state index contributed by atoms with van der Waals surface area (Å²) in [5.74, 6) is -1.16. The van der Waals surface area contributed by atoms with Gasteiger partial charge in [-0.1, -0.05) is 66.2 Å². The zero-order valence-corrected chi connectivity index (χ0v) is 20.9. The number of carbonyl (C=O) groups excluding carboxylic acids is 4. The van der Waals surface area contributed by atoms with Crippen LogP contribution in [0.3, 0.4) is 0 Å². The van der Waals surface area contributed by atoms with E-state index in [4.69, 9.17) is 0 Å². The summed E-state index contributed by atoms with van der Waals surface area (Å²) in [5.41, 5.74) is 3.57. The Morgan fingerprint density at radius 1 is 0.526 bits per heavy atom. The SMILES string of the molecule is Cc1ccc(C(=O)c2ccccc2C(=O)Nc2ccc(C(=O)NCCNC(=O)c3ccccc3)cc2)cc1. The molecule has 4 aromatic rings. The zero-order chi connectivity index (χ0) is 26.9. The number of benzene rings is 4. The summed E-state index contributed by atoms with van der Waals surface area (Å²) in [4.78, 5) is 50.5. The summed E-state index contributed by atoms with van der Waals surface area (Å²) in [5, 5.41) is 8.29. The van der Waals surface area contributed by atoms with Crippen LogP contribution in [0.25, 0.3) is 0 Å². The minimum absolute atomic E-state index is 0.206. The number of hydrogen-bond acceptors (Lipinski definition) is 4. The lowest BCUT2D eigenvalue weighted by Gasteiger charge is -2.11. The molecule has 0 aliphatic rings. The summed E-state index contributed by atoms with van der Waals surface area (Å²) in [6, 6.07) is 29.1. The predicted octanol–water partition coefficient (Wildman–Crippen LogP) is 4.64. The fourth-order valence-corrected chi connectivity index (χ4v) is 3.79. The van der Waals surface area contributed by atoms with Crippen molar-refractivity contribution in [1.82, 2.24) is 10.6 Å². The van der Waals surface area contributed by atoms with Crippen molar-refractivity contribution >= 4 is 29.2 Å². The molecule has 0 aromatic heterocycles. The molecule has 38 heavy (non-hydrogen) atoms. The smallest absolute Gasteiger partial charge is 0.256 e. The Morgan fingerprint density at radius 3 is 1.63 bits per heavy atom. The fourth-order valence-electron chi connectivity index (χ4n) is 3.79. The molecule has 3 amide bonds. The average molecular weight is 506 g/mol. The van der Waals surface area contributed by atoms with Crippen LogP contribution in [0.1, 0.15) is 52.6 Å². The summed E-state index contributed by atoms with van der Waals surface area (Å²) in [6.07, 6.45) is 0. The van der Waals surface area contributed by atoms with Gasteiger partial charge >= 0.3 is 0 Å². The van der Waals surface area contributed by atoms with Crippen molar-refractivity contribution < 1.29 is 19.2 Å². The van der Waals surface area contributed by atoms with Crippen LogP contribution < -0.4 is 16.0 Å². The van der Waals surface area contributed by atoms with Gasteiger partial charge in [-0.15, -0.1) is 0 Å². The summed E-state index contributed by atoms with van der Waals surface area (Å²) in [7, 11) is 0. The van der Waals surface area contributed by atoms with E-state index in [1.807, 2.05) is 25.1 Å². The van der Waals surface area contributed by atoms with E-state index < -0.39 is 5.91 Å². The van der Waals surface area contributed by atoms with Crippen molar-refractivity contribution in [2.24, 2.45) is 0 Å². The van der Waals surface area contributed by atoms with Gasteiger partial charge in [0.2, 0.25) is 0 Å². The largest absolute Gasteiger partial charge is 0.350 e. The first-order valence-electron chi connectivity index (χ1n) is 12.2. The number of anilines is 1. The standard InChI is InChI=1S/C31H27N3O4/c1-21-11-13-22(14-12-21)28(35)26-9-5-6-10-27(26)31(38)34-25-17-15-24(16-18-25)30(37)33-20-19-32-29(36)23-7-3-2-4-8-23/h2-18H,19-20H2,1H3,(H,32,36)(H,33,37)(H,34,38). The van der Waals surface area contributed by atoms with Gasteiger partial charge in [0, 0.05) is 41.0 Å². The minimum Gasteiger partial charge on any atom is -0.350 e. The molecule has 190 valence electrons. The van der Waals surface area contributed by atoms with Crippen molar-refractivity contribution in [1.29, 1.82) is 0 Å². The van der Waals surface area contributed by atoms with E-state index >= 15 is 0 Å². The van der Waals surface area contributed by atoms with Gasteiger partial charge in [0.15, 0.2) is 5.78 Å². The predicted molar refractivity (Wildman–Crippen MR) is 147 cm³/mol. The molecule has 0 saturated heterocycles. The molecule has 4 aromatic carbocycles. The molecule has 7 heteroatoms. The second kappa shape index (κ2) is 12.3. The molecule has 0 heterocycles. The van der Waals surface area contributed by atoms with Crippen molar-refractivity contribution in [3.63, 3.8) is 0 Å². The van der Waals surface area contributed by atoms with Crippen molar-refractivity contribution in [2.45, 2.75) is 6.92 Å². The summed E-state index contributed by atoms with van der Waals surface area (Å²) < 4.78 is 0. The maximum atomic E-state index is 13.0. The van der Waals surface area contributed by atoms with E-state index in [0.29, 0.717) is 27.9 Å². The molecule has 0 unspecified atom stereocenters. The quantitative estimate of drug-likeness (QED) is 0.228. The Balaban J connectivity index is 1.32. The van der Waals surface area contributed by atoms with Gasteiger partial charge in [-0.2, -0.15) is 0 Å². The molecule has 0 fully saturated rings. The van der Waals surface area contributed by atoms with Gasteiger partial charge in [0.05, 0.1) is 5.56 Å². The molecular formula is C31H27N3O4. The maximum absolute atomic E-state index is 13.0. The van der Waals surface area contributed by atoms with Crippen molar-refractivity contribution in [2.75, 3.05) is 18.4 Å². The number of hydrogen-bond donors (Lipinski definition) is 3.